The van der Waals surface area contributed by atoms with E-state index >= 15 is 0 Å². The normalized spacial score (nSPS) is 10.0. The molecule has 0 bridgehead atoms. The summed E-state index contributed by atoms with van der Waals surface area (Å²) in [5.74, 6) is -0.750. The van der Waals surface area contributed by atoms with Crippen molar-refractivity contribution in [2.45, 2.75) is 19.8 Å². The summed E-state index contributed by atoms with van der Waals surface area (Å²) < 4.78 is 0.535. The van der Waals surface area contributed by atoms with Gasteiger partial charge in [0.1, 0.15) is 0 Å². The number of rotatable bonds is 4. The standard InChI is InChI=1S/C9H9ClO2S/c1-2-3-6(11)9(12)7-4-5-8(10)13-7/h4-5H,2-3H2,1H3. The number of ketones is 2. The molecule has 0 saturated carbocycles. The zero-order valence-corrected chi connectivity index (χ0v) is 8.74. The molecule has 0 aliphatic heterocycles. The molecule has 4 heteroatoms. The van der Waals surface area contributed by atoms with E-state index in [0.717, 1.165) is 11.3 Å². The second-order valence-corrected chi connectivity index (χ2v) is 4.32. The van der Waals surface area contributed by atoms with Crippen LogP contribution < -0.4 is 0 Å². The van der Waals surface area contributed by atoms with Crippen LogP contribution in [-0.4, -0.2) is 11.6 Å². The molecule has 0 fully saturated rings. The molecule has 0 saturated heterocycles. The van der Waals surface area contributed by atoms with Crippen molar-refractivity contribution >= 4 is 34.5 Å². The summed E-state index contributed by atoms with van der Waals surface area (Å²) in [4.78, 5) is 23.0. The highest BCUT2D eigenvalue weighted by atomic mass is 35.5. The van der Waals surface area contributed by atoms with Gasteiger partial charge >= 0.3 is 0 Å². The molecule has 1 aromatic rings. The Bertz CT molecular complexity index is 330. The van der Waals surface area contributed by atoms with E-state index in [1.807, 2.05) is 6.92 Å². The first-order chi connectivity index (χ1) is 6.15. The van der Waals surface area contributed by atoms with Gasteiger partial charge in [0, 0.05) is 6.42 Å². The molecular formula is C9H9ClO2S. The van der Waals surface area contributed by atoms with Gasteiger partial charge in [-0.25, -0.2) is 0 Å². The molecule has 0 aliphatic carbocycles. The fraction of sp³-hybridized carbons (Fsp3) is 0.333. The van der Waals surface area contributed by atoms with E-state index in [4.69, 9.17) is 11.6 Å². The van der Waals surface area contributed by atoms with Crippen molar-refractivity contribution in [2.24, 2.45) is 0 Å². The maximum Gasteiger partial charge on any atom is 0.238 e. The smallest absolute Gasteiger partial charge is 0.238 e. The van der Waals surface area contributed by atoms with E-state index in [1.54, 1.807) is 12.1 Å². The molecule has 0 radical (unpaired) electrons. The van der Waals surface area contributed by atoms with Crippen LogP contribution in [0.4, 0.5) is 0 Å². The molecule has 2 nitrogen and oxygen atoms in total. The van der Waals surface area contributed by atoms with Crippen molar-refractivity contribution < 1.29 is 9.59 Å². The van der Waals surface area contributed by atoms with Gasteiger partial charge in [-0.3, -0.25) is 9.59 Å². The number of Topliss-reactive ketones (excluding diaryl/α,β-unsaturated/α-hetero) is 2. The minimum atomic E-state index is -0.418. The maximum atomic E-state index is 11.4. The average molecular weight is 217 g/mol. The third-order valence-electron chi connectivity index (χ3n) is 1.53. The Hall–Kier alpha value is -0.670. The lowest BCUT2D eigenvalue weighted by molar-refractivity contribution is -0.115. The third-order valence-corrected chi connectivity index (χ3v) is 2.76. The summed E-state index contributed by atoms with van der Waals surface area (Å²) in [6.45, 7) is 1.87. The van der Waals surface area contributed by atoms with Crippen LogP contribution in [0.5, 0.6) is 0 Å². The molecule has 13 heavy (non-hydrogen) atoms. The molecule has 0 amide bonds. The summed E-state index contributed by atoms with van der Waals surface area (Å²) in [6, 6.07) is 3.21. The molecule has 0 unspecified atom stereocenters. The van der Waals surface area contributed by atoms with Gasteiger partial charge in [0.25, 0.3) is 0 Å². The number of hydrogen-bond donors (Lipinski definition) is 0. The van der Waals surface area contributed by atoms with Gasteiger partial charge in [-0.2, -0.15) is 0 Å². The number of carbonyl (C=O) groups excluding carboxylic acids is 2. The lowest BCUT2D eigenvalue weighted by Gasteiger charge is -1.93. The van der Waals surface area contributed by atoms with Gasteiger partial charge in [0.05, 0.1) is 9.21 Å². The first-order valence-corrected chi connectivity index (χ1v) is 5.17. The van der Waals surface area contributed by atoms with Gasteiger partial charge < -0.3 is 0 Å². The maximum absolute atomic E-state index is 11.4. The summed E-state index contributed by atoms with van der Waals surface area (Å²) >= 11 is 6.79. The lowest BCUT2D eigenvalue weighted by Crippen LogP contribution is -2.11. The fourth-order valence-electron chi connectivity index (χ4n) is 0.914. The van der Waals surface area contributed by atoms with Crippen molar-refractivity contribution in [1.29, 1.82) is 0 Å². The van der Waals surface area contributed by atoms with Crippen LogP contribution in [0.1, 0.15) is 29.4 Å². The van der Waals surface area contributed by atoms with Crippen molar-refractivity contribution in [3.05, 3.63) is 21.3 Å². The van der Waals surface area contributed by atoms with Gasteiger partial charge in [0.15, 0.2) is 0 Å². The van der Waals surface area contributed by atoms with Crippen LogP contribution in [0.2, 0.25) is 4.34 Å². The predicted molar refractivity (Wildman–Crippen MR) is 53.6 cm³/mol. The molecule has 0 atom stereocenters. The minimum Gasteiger partial charge on any atom is -0.290 e. The predicted octanol–water partition coefficient (Wildman–Crippen LogP) is 2.95. The van der Waals surface area contributed by atoms with Crippen LogP contribution in [0.3, 0.4) is 0 Å². The van der Waals surface area contributed by atoms with Crippen LogP contribution >= 0.6 is 22.9 Å². The summed E-state index contributed by atoms with van der Waals surface area (Å²) in [7, 11) is 0. The number of halogens is 1. The fourth-order valence-corrected chi connectivity index (χ4v) is 1.92. The van der Waals surface area contributed by atoms with Crippen LogP contribution in [0.15, 0.2) is 12.1 Å². The van der Waals surface area contributed by atoms with Gasteiger partial charge in [-0.15, -0.1) is 11.3 Å². The van der Waals surface area contributed by atoms with Gasteiger partial charge in [-0.05, 0) is 18.6 Å². The third kappa shape index (κ3) is 2.64. The molecule has 1 aromatic heterocycles. The Balaban J connectivity index is 2.73. The first kappa shape index (κ1) is 10.4. The SMILES string of the molecule is CCCC(=O)C(=O)c1ccc(Cl)s1. The summed E-state index contributed by atoms with van der Waals surface area (Å²) in [6.07, 6.45) is 1.01. The van der Waals surface area contributed by atoms with Crippen molar-refractivity contribution in [2.75, 3.05) is 0 Å². The van der Waals surface area contributed by atoms with E-state index in [-0.39, 0.29) is 5.78 Å². The molecular weight excluding hydrogens is 208 g/mol. The molecule has 0 aromatic carbocycles. The largest absolute Gasteiger partial charge is 0.290 e. The highest BCUT2D eigenvalue weighted by Gasteiger charge is 2.16. The van der Waals surface area contributed by atoms with Crippen molar-refractivity contribution in [1.82, 2.24) is 0 Å². The van der Waals surface area contributed by atoms with Crippen LogP contribution in [0.25, 0.3) is 0 Å². The Morgan fingerprint density at radius 1 is 1.46 bits per heavy atom. The molecule has 0 N–H and O–H groups in total. The van der Waals surface area contributed by atoms with Crippen molar-refractivity contribution in [3.63, 3.8) is 0 Å². The lowest BCUT2D eigenvalue weighted by atomic mass is 10.1. The van der Waals surface area contributed by atoms with E-state index < -0.39 is 5.78 Å². The Morgan fingerprint density at radius 2 is 2.15 bits per heavy atom. The monoisotopic (exact) mass is 216 g/mol. The minimum absolute atomic E-state index is 0.314. The Kier molecular flexibility index (Phi) is 3.63. The second kappa shape index (κ2) is 4.53. The molecule has 0 aliphatic rings. The average Bonchev–Trinajstić information content (AvgIpc) is 2.51. The molecule has 1 rings (SSSR count). The van der Waals surface area contributed by atoms with E-state index in [9.17, 15) is 9.59 Å². The second-order valence-electron chi connectivity index (χ2n) is 2.61. The van der Waals surface area contributed by atoms with Crippen LogP contribution in [0, 0.1) is 0 Å². The van der Waals surface area contributed by atoms with Gasteiger partial charge in [0.2, 0.25) is 11.6 Å². The highest BCUT2D eigenvalue weighted by molar-refractivity contribution is 7.18. The van der Waals surface area contributed by atoms with Gasteiger partial charge in [-0.1, -0.05) is 18.5 Å². The summed E-state index contributed by atoms with van der Waals surface area (Å²) in [5.41, 5.74) is 0. The molecule has 1 heterocycles. The summed E-state index contributed by atoms with van der Waals surface area (Å²) in [5, 5.41) is 0. The van der Waals surface area contributed by atoms with E-state index in [1.165, 1.54) is 0 Å². The Morgan fingerprint density at radius 3 is 2.62 bits per heavy atom. The quantitative estimate of drug-likeness (QED) is 0.573. The van der Waals surface area contributed by atoms with E-state index in [2.05, 4.69) is 0 Å². The first-order valence-electron chi connectivity index (χ1n) is 3.98. The van der Waals surface area contributed by atoms with Crippen LogP contribution in [-0.2, 0) is 4.79 Å². The van der Waals surface area contributed by atoms with Crippen molar-refractivity contribution in [3.8, 4) is 0 Å². The molecule has 70 valence electrons. The highest BCUT2D eigenvalue weighted by Crippen LogP contribution is 2.22. The number of carbonyl (C=O) groups is 2. The molecule has 0 spiro atoms. The topological polar surface area (TPSA) is 34.1 Å². The Labute approximate surface area is 85.5 Å². The number of thiophene rings is 1. The zero-order chi connectivity index (χ0) is 9.84. The van der Waals surface area contributed by atoms with E-state index in [0.29, 0.717) is 22.1 Å². The number of hydrogen-bond acceptors (Lipinski definition) is 3. The zero-order valence-electron chi connectivity index (χ0n) is 7.17.